The highest BCUT2D eigenvalue weighted by Gasteiger charge is 2.33. The third-order valence-corrected chi connectivity index (χ3v) is 6.65. The summed E-state index contributed by atoms with van der Waals surface area (Å²) in [5.74, 6) is 0.831. The van der Waals surface area contributed by atoms with E-state index in [4.69, 9.17) is 9.47 Å². The molecule has 0 bridgehead atoms. The first-order chi connectivity index (χ1) is 15.3. The van der Waals surface area contributed by atoms with E-state index < -0.39 is 15.7 Å². The van der Waals surface area contributed by atoms with Crippen molar-refractivity contribution in [3.63, 3.8) is 0 Å². The number of sulfone groups is 1. The average molecular weight is 454 g/mol. The van der Waals surface area contributed by atoms with E-state index >= 15 is 0 Å². The van der Waals surface area contributed by atoms with Crippen molar-refractivity contribution in [1.82, 2.24) is 9.78 Å². The van der Waals surface area contributed by atoms with E-state index in [-0.39, 0.29) is 11.5 Å². The Hall–Kier alpha value is -3.59. The predicted octanol–water partition coefficient (Wildman–Crippen LogP) is 3.28. The van der Waals surface area contributed by atoms with Crippen molar-refractivity contribution in [1.29, 1.82) is 0 Å². The summed E-state index contributed by atoms with van der Waals surface area (Å²) in [6, 6.07) is 12.9. The summed E-state index contributed by atoms with van der Waals surface area (Å²) in [6.45, 7) is 1.93. The maximum atomic E-state index is 12.7. The highest BCUT2D eigenvalue weighted by Crippen LogP contribution is 2.33. The van der Waals surface area contributed by atoms with E-state index in [1.54, 1.807) is 43.2 Å². The van der Waals surface area contributed by atoms with Gasteiger partial charge in [-0.25, -0.2) is 13.1 Å². The molecule has 32 heavy (non-hydrogen) atoms. The number of aryl methyl sites for hydroxylation is 1. The van der Waals surface area contributed by atoms with Gasteiger partial charge in [-0.1, -0.05) is 24.3 Å². The number of fused-ring (bicyclic) bond motifs is 1. The molecule has 4 rings (SSSR count). The molecule has 1 aliphatic rings. The molecular formula is C23H23N3O5S. The second-order valence-electron chi connectivity index (χ2n) is 7.44. The van der Waals surface area contributed by atoms with Crippen molar-refractivity contribution < 1.29 is 22.7 Å². The molecule has 1 aromatic heterocycles. The molecule has 2 heterocycles. The van der Waals surface area contributed by atoms with Gasteiger partial charge in [-0.3, -0.25) is 4.79 Å². The molecule has 1 amide bonds. The van der Waals surface area contributed by atoms with Crippen LogP contribution in [-0.2, 0) is 26.1 Å². The number of nitrogens with one attached hydrogen (secondary N) is 1. The first-order valence-electron chi connectivity index (χ1n) is 9.89. The number of rotatable bonds is 6. The summed E-state index contributed by atoms with van der Waals surface area (Å²) in [7, 11) is -0.176. The van der Waals surface area contributed by atoms with Crippen molar-refractivity contribution >= 4 is 27.6 Å². The Kier molecular flexibility index (Phi) is 5.75. The van der Waals surface area contributed by atoms with Crippen LogP contribution >= 0.6 is 0 Å². The second kappa shape index (κ2) is 8.51. The van der Waals surface area contributed by atoms with Crippen molar-refractivity contribution in [3.8, 4) is 17.2 Å². The molecule has 0 aliphatic carbocycles. The van der Waals surface area contributed by atoms with E-state index in [2.05, 4.69) is 10.4 Å². The van der Waals surface area contributed by atoms with Crippen LogP contribution in [0, 0.1) is 6.92 Å². The van der Waals surface area contributed by atoms with Crippen molar-refractivity contribution in [3.05, 3.63) is 70.9 Å². The van der Waals surface area contributed by atoms with Gasteiger partial charge in [0.15, 0.2) is 21.3 Å². The van der Waals surface area contributed by atoms with Gasteiger partial charge in [0.1, 0.15) is 5.82 Å². The molecule has 0 saturated carbocycles. The molecular weight excluding hydrogens is 430 g/mol. The van der Waals surface area contributed by atoms with Gasteiger partial charge < -0.3 is 14.8 Å². The minimum Gasteiger partial charge on any atom is -0.493 e. The van der Waals surface area contributed by atoms with Gasteiger partial charge in [0, 0.05) is 11.6 Å². The largest absolute Gasteiger partial charge is 0.493 e. The van der Waals surface area contributed by atoms with Crippen LogP contribution in [-0.4, -0.2) is 38.3 Å². The molecule has 1 N–H and O–H groups in total. The monoisotopic (exact) mass is 453 g/mol. The number of hydrogen-bond donors (Lipinski definition) is 1. The Bertz CT molecular complexity index is 1330. The van der Waals surface area contributed by atoms with Gasteiger partial charge >= 0.3 is 0 Å². The zero-order valence-electron chi connectivity index (χ0n) is 18.0. The maximum Gasteiger partial charge on any atom is 0.249 e. The number of nitrogens with zero attached hydrogens (tertiary/aromatic N) is 2. The number of carbonyl (C=O) groups excluding carboxylic acids is 1. The standard InChI is InChI=1S/C23H23N3O5S/c1-15-6-4-5-7-19(15)26-23(17-13-32(28,29)14-18(17)25-26)24-22(27)11-9-16-8-10-20(30-2)21(12-16)31-3/h4-12H,13-14H2,1-3H3,(H,24,27). The second-order valence-corrected chi connectivity index (χ2v) is 9.51. The first kappa shape index (κ1) is 21.6. The molecule has 3 aromatic rings. The lowest BCUT2D eigenvalue weighted by atomic mass is 10.2. The highest BCUT2D eigenvalue weighted by molar-refractivity contribution is 7.90. The molecule has 1 aliphatic heterocycles. The van der Waals surface area contributed by atoms with Gasteiger partial charge in [0.05, 0.1) is 37.1 Å². The quantitative estimate of drug-likeness (QED) is 0.575. The normalized spacial score (nSPS) is 14.3. The molecule has 166 valence electrons. The maximum absolute atomic E-state index is 12.7. The summed E-state index contributed by atoms with van der Waals surface area (Å²) >= 11 is 0. The SMILES string of the molecule is COc1ccc(C=CC(=O)Nc2c3c(nn2-c2ccccc2C)CS(=O)(=O)C3)cc1OC. The van der Waals surface area contributed by atoms with Crippen molar-refractivity contribution in [2.75, 3.05) is 19.5 Å². The summed E-state index contributed by atoms with van der Waals surface area (Å²) < 4.78 is 36.4. The molecule has 8 nitrogen and oxygen atoms in total. The lowest BCUT2D eigenvalue weighted by molar-refractivity contribution is -0.111. The summed E-state index contributed by atoms with van der Waals surface area (Å²) in [6.07, 6.45) is 3.02. The van der Waals surface area contributed by atoms with Crippen molar-refractivity contribution in [2.24, 2.45) is 0 Å². The average Bonchev–Trinajstić information content (AvgIpc) is 3.24. The topological polar surface area (TPSA) is 99.5 Å². The number of ether oxygens (including phenoxy) is 2. The van der Waals surface area contributed by atoms with E-state index in [1.807, 2.05) is 31.2 Å². The van der Waals surface area contributed by atoms with Crippen LogP contribution in [0.15, 0.2) is 48.5 Å². The molecule has 0 unspecified atom stereocenters. The van der Waals surface area contributed by atoms with Crippen LogP contribution in [0.25, 0.3) is 11.8 Å². The fourth-order valence-electron chi connectivity index (χ4n) is 3.63. The zero-order valence-corrected chi connectivity index (χ0v) is 18.8. The van der Waals surface area contributed by atoms with Crippen molar-refractivity contribution in [2.45, 2.75) is 18.4 Å². The predicted molar refractivity (Wildman–Crippen MR) is 122 cm³/mol. The third kappa shape index (κ3) is 4.24. The van der Waals surface area contributed by atoms with Gasteiger partial charge in [0.25, 0.3) is 0 Å². The van der Waals surface area contributed by atoms with Gasteiger partial charge in [-0.2, -0.15) is 5.10 Å². The Morgan fingerprint density at radius 1 is 1.09 bits per heavy atom. The van der Waals surface area contributed by atoms with E-state index in [0.29, 0.717) is 28.6 Å². The minimum absolute atomic E-state index is 0.133. The van der Waals surface area contributed by atoms with E-state index in [9.17, 15) is 13.2 Å². The highest BCUT2D eigenvalue weighted by atomic mass is 32.2. The van der Waals surface area contributed by atoms with Crippen LogP contribution in [0.4, 0.5) is 5.82 Å². The molecule has 0 radical (unpaired) electrons. The number of carbonyl (C=O) groups is 1. The number of anilines is 1. The smallest absolute Gasteiger partial charge is 0.249 e. The Morgan fingerprint density at radius 3 is 2.56 bits per heavy atom. The number of amides is 1. The Labute approximate surface area is 186 Å². The van der Waals surface area contributed by atoms with E-state index in [0.717, 1.165) is 16.8 Å². The van der Waals surface area contributed by atoms with Crippen LogP contribution in [0.1, 0.15) is 22.4 Å². The number of aromatic nitrogens is 2. The fraction of sp³-hybridized carbons (Fsp3) is 0.217. The first-order valence-corrected chi connectivity index (χ1v) is 11.7. The zero-order chi connectivity index (χ0) is 22.9. The van der Waals surface area contributed by atoms with Gasteiger partial charge in [-0.15, -0.1) is 0 Å². The number of methoxy groups -OCH3 is 2. The molecule has 9 heteroatoms. The summed E-state index contributed by atoms with van der Waals surface area (Å²) in [5.41, 5.74) is 3.47. The molecule has 0 fully saturated rings. The number of benzene rings is 2. The molecule has 0 atom stereocenters. The Morgan fingerprint density at radius 2 is 1.84 bits per heavy atom. The van der Waals surface area contributed by atoms with Gasteiger partial charge in [0.2, 0.25) is 5.91 Å². The minimum atomic E-state index is -3.27. The molecule has 2 aromatic carbocycles. The molecule has 0 saturated heterocycles. The molecule has 0 spiro atoms. The van der Waals surface area contributed by atoms with Crippen LogP contribution in [0.5, 0.6) is 11.5 Å². The lowest BCUT2D eigenvalue weighted by Crippen LogP contribution is -2.15. The lowest BCUT2D eigenvalue weighted by Gasteiger charge is -2.12. The Balaban J connectivity index is 1.65. The van der Waals surface area contributed by atoms with Crippen LogP contribution in [0.2, 0.25) is 0 Å². The van der Waals surface area contributed by atoms with E-state index in [1.165, 1.54) is 6.08 Å². The van der Waals surface area contributed by atoms with Gasteiger partial charge in [-0.05, 0) is 42.3 Å². The summed E-state index contributed by atoms with van der Waals surface area (Å²) in [4.78, 5) is 12.7. The van der Waals surface area contributed by atoms with Crippen LogP contribution < -0.4 is 14.8 Å². The fourth-order valence-corrected chi connectivity index (χ4v) is 5.13. The van der Waals surface area contributed by atoms with Crippen LogP contribution in [0.3, 0.4) is 0 Å². The summed E-state index contributed by atoms with van der Waals surface area (Å²) in [5, 5.41) is 7.33. The number of hydrogen-bond acceptors (Lipinski definition) is 6. The third-order valence-electron chi connectivity index (χ3n) is 5.21. The number of para-hydroxylation sites is 1.